The number of imidazole rings is 1. The Balaban J connectivity index is 1.86. The quantitative estimate of drug-likeness (QED) is 0.380. The fourth-order valence-corrected chi connectivity index (χ4v) is 3.39. The molecule has 1 aliphatic rings. The Hall–Kier alpha value is -2.78. The van der Waals surface area contributed by atoms with Crippen LogP contribution in [0, 0.1) is 10.1 Å². The third-order valence-electron chi connectivity index (χ3n) is 4.51. The molecule has 1 saturated heterocycles. The van der Waals surface area contributed by atoms with Gasteiger partial charge in [0, 0.05) is 18.2 Å². The Morgan fingerprint density at radius 3 is 2.93 bits per heavy atom. The van der Waals surface area contributed by atoms with E-state index in [0.717, 1.165) is 19.3 Å². The van der Waals surface area contributed by atoms with Gasteiger partial charge in [-0.15, -0.1) is 0 Å². The van der Waals surface area contributed by atoms with E-state index in [9.17, 15) is 10.1 Å². The number of nitrogens with zero attached hydrogens (tertiary/aromatic N) is 5. The number of hydrogen-bond donors (Lipinski definition) is 0. The first kappa shape index (κ1) is 17.6. The summed E-state index contributed by atoms with van der Waals surface area (Å²) in [6.07, 6.45) is 4.43. The summed E-state index contributed by atoms with van der Waals surface area (Å²) in [4.78, 5) is 23.8. The molecule has 10 heteroatoms. The van der Waals surface area contributed by atoms with Gasteiger partial charge in [-0.2, -0.15) is 4.98 Å². The molecule has 9 nitrogen and oxygen atoms in total. The Morgan fingerprint density at radius 1 is 1.37 bits per heavy atom. The fraction of sp³-hybridized carbons (Fsp3) is 0.353. The van der Waals surface area contributed by atoms with Gasteiger partial charge in [0.15, 0.2) is 11.4 Å². The van der Waals surface area contributed by atoms with Crippen molar-refractivity contribution in [3.63, 3.8) is 0 Å². The highest BCUT2D eigenvalue weighted by molar-refractivity contribution is 6.28. The lowest BCUT2D eigenvalue weighted by atomic mass is 10.1. The van der Waals surface area contributed by atoms with E-state index in [4.69, 9.17) is 21.1 Å². The molecule has 1 unspecified atom stereocenters. The Labute approximate surface area is 159 Å². The van der Waals surface area contributed by atoms with Gasteiger partial charge in [0.1, 0.15) is 17.4 Å². The van der Waals surface area contributed by atoms with Crippen molar-refractivity contribution < 1.29 is 14.4 Å². The van der Waals surface area contributed by atoms with Gasteiger partial charge >= 0.3 is 5.69 Å². The van der Waals surface area contributed by atoms with Gasteiger partial charge in [0.2, 0.25) is 5.28 Å². The fourth-order valence-electron chi connectivity index (χ4n) is 3.23. The Bertz CT molecular complexity index is 1020. The molecule has 140 valence electrons. The largest absolute Gasteiger partial charge is 0.490 e. The number of benzene rings is 1. The summed E-state index contributed by atoms with van der Waals surface area (Å²) in [5.74, 6) is 0.168. The van der Waals surface area contributed by atoms with Crippen molar-refractivity contribution in [1.29, 1.82) is 0 Å². The van der Waals surface area contributed by atoms with Crippen molar-refractivity contribution in [1.82, 2.24) is 19.5 Å². The van der Waals surface area contributed by atoms with Crippen molar-refractivity contribution in [3.8, 4) is 17.0 Å². The topological polar surface area (TPSA) is 105 Å². The van der Waals surface area contributed by atoms with Crippen LogP contribution in [0.15, 0.2) is 24.5 Å². The van der Waals surface area contributed by atoms with Crippen molar-refractivity contribution in [2.45, 2.75) is 25.5 Å². The summed E-state index contributed by atoms with van der Waals surface area (Å²) < 4.78 is 12.7. The molecule has 4 rings (SSSR count). The van der Waals surface area contributed by atoms with Gasteiger partial charge < -0.3 is 9.47 Å². The molecule has 1 atom stereocenters. The summed E-state index contributed by atoms with van der Waals surface area (Å²) in [7, 11) is 1.38. The Morgan fingerprint density at radius 2 is 2.22 bits per heavy atom. The van der Waals surface area contributed by atoms with Crippen LogP contribution < -0.4 is 4.74 Å². The van der Waals surface area contributed by atoms with Crippen LogP contribution in [-0.4, -0.2) is 38.2 Å². The highest BCUT2D eigenvalue weighted by atomic mass is 35.5. The number of rotatable bonds is 4. The minimum Gasteiger partial charge on any atom is -0.490 e. The number of nitro benzene ring substituents is 1. The number of methoxy groups -OCH3 is 1. The number of fused-ring (bicyclic) bond motifs is 1. The molecule has 1 fully saturated rings. The number of nitro groups is 1. The van der Waals surface area contributed by atoms with Gasteiger partial charge in [0.25, 0.3) is 0 Å². The third-order valence-corrected chi connectivity index (χ3v) is 4.68. The zero-order valence-corrected chi connectivity index (χ0v) is 15.2. The molecule has 27 heavy (non-hydrogen) atoms. The standard InChI is InChI=1S/C17H16ClN5O4/c1-26-12-6-5-10(8-11(12)23(24)25)14-15-16(21-17(18)20-14)22(9-19-15)13-4-2-3-7-27-13/h5-6,8-9,13H,2-4,7H2,1H3. The number of ether oxygens (including phenoxy) is 2. The molecule has 0 radical (unpaired) electrons. The lowest BCUT2D eigenvalue weighted by molar-refractivity contribution is -0.385. The minimum atomic E-state index is -0.503. The molecule has 1 aromatic carbocycles. The van der Waals surface area contributed by atoms with E-state index >= 15 is 0 Å². The first-order chi connectivity index (χ1) is 13.1. The lowest BCUT2D eigenvalue weighted by Crippen LogP contribution is -2.17. The van der Waals surface area contributed by atoms with E-state index in [-0.39, 0.29) is 22.9 Å². The molecule has 0 bridgehead atoms. The SMILES string of the molecule is COc1ccc(-c2nc(Cl)nc3c2ncn3C2CCCCO2)cc1[N+](=O)[O-]. The minimum absolute atomic E-state index is 0.0357. The van der Waals surface area contributed by atoms with Crippen LogP contribution in [0.4, 0.5) is 5.69 Å². The molecule has 0 saturated carbocycles. The van der Waals surface area contributed by atoms with Gasteiger partial charge in [-0.1, -0.05) is 0 Å². The van der Waals surface area contributed by atoms with Crippen LogP contribution in [0.1, 0.15) is 25.5 Å². The van der Waals surface area contributed by atoms with Crippen LogP contribution in [-0.2, 0) is 4.74 Å². The first-order valence-corrected chi connectivity index (χ1v) is 8.80. The number of halogens is 1. The predicted molar refractivity (Wildman–Crippen MR) is 97.8 cm³/mol. The summed E-state index contributed by atoms with van der Waals surface area (Å²) >= 11 is 6.14. The van der Waals surface area contributed by atoms with Crippen LogP contribution in [0.25, 0.3) is 22.4 Å². The van der Waals surface area contributed by atoms with E-state index in [0.29, 0.717) is 29.0 Å². The van der Waals surface area contributed by atoms with Crippen LogP contribution in [0.3, 0.4) is 0 Å². The van der Waals surface area contributed by atoms with Crippen LogP contribution in [0.2, 0.25) is 5.28 Å². The normalized spacial score (nSPS) is 17.2. The predicted octanol–water partition coefficient (Wildman–Crippen LogP) is 3.76. The van der Waals surface area contributed by atoms with E-state index in [1.807, 2.05) is 4.57 Å². The van der Waals surface area contributed by atoms with Gasteiger partial charge in [-0.05, 0) is 43.0 Å². The maximum atomic E-state index is 11.3. The van der Waals surface area contributed by atoms with Crippen molar-refractivity contribution in [2.24, 2.45) is 0 Å². The number of aromatic nitrogens is 4. The van der Waals surface area contributed by atoms with E-state index in [2.05, 4.69) is 15.0 Å². The van der Waals surface area contributed by atoms with Gasteiger partial charge in [-0.25, -0.2) is 9.97 Å². The van der Waals surface area contributed by atoms with Crippen molar-refractivity contribution >= 4 is 28.5 Å². The summed E-state index contributed by atoms with van der Waals surface area (Å²) in [6, 6.07) is 4.60. The molecule has 1 aliphatic heterocycles. The van der Waals surface area contributed by atoms with Crippen LogP contribution in [0.5, 0.6) is 5.75 Å². The average Bonchev–Trinajstić information content (AvgIpc) is 3.11. The van der Waals surface area contributed by atoms with Crippen molar-refractivity contribution in [2.75, 3.05) is 13.7 Å². The Kier molecular flexibility index (Phi) is 4.63. The lowest BCUT2D eigenvalue weighted by Gasteiger charge is -2.23. The molecule has 0 aliphatic carbocycles. The number of hydrogen-bond acceptors (Lipinski definition) is 7. The second kappa shape index (κ2) is 7.09. The van der Waals surface area contributed by atoms with E-state index < -0.39 is 4.92 Å². The average molecular weight is 390 g/mol. The van der Waals surface area contributed by atoms with Gasteiger partial charge in [0.05, 0.1) is 18.4 Å². The molecular weight excluding hydrogens is 374 g/mol. The van der Waals surface area contributed by atoms with Gasteiger partial charge in [-0.3, -0.25) is 14.7 Å². The maximum Gasteiger partial charge on any atom is 0.311 e. The second-order valence-electron chi connectivity index (χ2n) is 6.13. The van der Waals surface area contributed by atoms with Crippen molar-refractivity contribution in [3.05, 3.63) is 39.9 Å². The first-order valence-electron chi connectivity index (χ1n) is 8.43. The monoisotopic (exact) mass is 389 g/mol. The molecule has 3 heterocycles. The van der Waals surface area contributed by atoms with Crippen LogP contribution >= 0.6 is 11.6 Å². The third kappa shape index (κ3) is 3.19. The molecular formula is C17H16ClN5O4. The highest BCUT2D eigenvalue weighted by Gasteiger charge is 2.23. The molecule has 0 spiro atoms. The summed E-state index contributed by atoms with van der Waals surface area (Å²) in [5, 5.41) is 11.4. The zero-order valence-electron chi connectivity index (χ0n) is 14.5. The smallest absolute Gasteiger partial charge is 0.311 e. The molecule has 0 N–H and O–H groups in total. The maximum absolute atomic E-state index is 11.3. The molecule has 3 aromatic rings. The molecule has 2 aromatic heterocycles. The highest BCUT2D eigenvalue weighted by Crippen LogP contribution is 2.35. The van der Waals surface area contributed by atoms with E-state index in [1.54, 1.807) is 12.4 Å². The van der Waals surface area contributed by atoms with E-state index in [1.165, 1.54) is 19.2 Å². The summed E-state index contributed by atoms with van der Waals surface area (Å²) in [6.45, 7) is 0.681. The second-order valence-corrected chi connectivity index (χ2v) is 6.47. The molecule has 0 amide bonds. The zero-order chi connectivity index (χ0) is 19.0. The summed E-state index contributed by atoms with van der Waals surface area (Å²) in [5.41, 5.74) is 1.81.